The summed E-state index contributed by atoms with van der Waals surface area (Å²) in [6.07, 6.45) is -3.47. The van der Waals surface area contributed by atoms with Crippen molar-refractivity contribution in [2.45, 2.75) is 12.0 Å². The first-order chi connectivity index (χ1) is 14.2. The number of carbonyl (C=O) groups excluding carboxylic acids is 2. The third-order valence-corrected chi connectivity index (χ3v) is 4.94. The van der Waals surface area contributed by atoms with Crippen molar-refractivity contribution in [1.29, 1.82) is 0 Å². The molecular weight excluding hydrogens is 425 g/mol. The predicted molar refractivity (Wildman–Crippen MR) is 101 cm³/mol. The minimum atomic E-state index is -4.84. The lowest BCUT2D eigenvalue weighted by Crippen LogP contribution is -2.44. The van der Waals surface area contributed by atoms with E-state index in [-0.39, 0.29) is 18.0 Å². The van der Waals surface area contributed by atoms with Crippen molar-refractivity contribution in [2.24, 2.45) is 0 Å². The average Bonchev–Trinajstić information content (AvgIpc) is 3.40. The number of nitrogens with one attached hydrogen (secondary N) is 2. The molecule has 0 aliphatic carbocycles. The maximum atomic E-state index is 12.2. The second kappa shape index (κ2) is 8.59. The van der Waals surface area contributed by atoms with Crippen molar-refractivity contribution >= 4 is 28.8 Å². The van der Waals surface area contributed by atoms with Crippen LogP contribution in [0.4, 0.5) is 18.9 Å². The van der Waals surface area contributed by atoms with Crippen molar-refractivity contribution in [3.63, 3.8) is 0 Å². The highest BCUT2D eigenvalue weighted by atomic mass is 32.1. The summed E-state index contributed by atoms with van der Waals surface area (Å²) in [7, 11) is 0. The van der Waals surface area contributed by atoms with Crippen LogP contribution in [0.1, 0.15) is 10.6 Å². The van der Waals surface area contributed by atoms with Gasteiger partial charge in [0.1, 0.15) is 11.5 Å². The summed E-state index contributed by atoms with van der Waals surface area (Å²) in [4.78, 5) is 24.7. The van der Waals surface area contributed by atoms with E-state index in [2.05, 4.69) is 15.4 Å². The van der Waals surface area contributed by atoms with E-state index in [9.17, 15) is 27.9 Å². The number of hydrogen-bond acceptors (Lipinski definition) is 6. The Bertz CT molecular complexity index is 952. The molecule has 0 aliphatic heterocycles. The zero-order chi connectivity index (χ0) is 21.8. The van der Waals surface area contributed by atoms with E-state index >= 15 is 0 Å². The topological polar surface area (TPSA) is 101 Å². The van der Waals surface area contributed by atoms with Crippen LogP contribution in [-0.4, -0.2) is 29.8 Å². The van der Waals surface area contributed by atoms with Gasteiger partial charge in [0, 0.05) is 10.6 Å². The summed E-state index contributed by atoms with van der Waals surface area (Å²) >= 11 is 1.24. The van der Waals surface area contributed by atoms with Crippen LogP contribution in [0.3, 0.4) is 0 Å². The summed E-state index contributed by atoms with van der Waals surface area (Å²) in [5.41, 5.74) is -1.59. The highest BCUT2D eigenvalue weighted by Crippen LogP contribution is 2.32. The van der Waals surface area contributed by atoms with E-state index in [0.29, 0.717) is 4.88 Å². The van der Waals surface area contributed by atoms with E-state index in [1.165, 1.54) is 23.7 Å². The van der Waals surface area contributed by atoms with E-state index < -0.39 is 29.5 Å². The SMILES string of the molecule is O=C(NCC(O)(c1ccco1)c1cccs1)C(=O)Nc1ccc(OC(F)(F)F)cc1. The molecule has 0 radical (unpaired) electrons. The number of ether oxygens (including phenoxy) is 1. The molecule has 3 aromatic rings. The molecule has 2 aromatic heterocycles. The van der Waals surface area contributed by atoms with Crippen molar-refractivity contribution in [1.82, 2.24) is 5.32 Å². The number of furan rings is 1. The Morgan fingerprint density at radius 3 is 2.37 bits per heavy atom. The van der Waals surface area contributed by atoms with E-state index in [1.54, 1.807) is 23.6 Å². The van der Waals surface area contributed by atoms with Gasteiger partial charge in [-0.3, -0.25) is 9.59 Å². The molecule has 0 aliphatic rings. The highest BCUT2D eigenvalue weighted by molar-refractivity contribution is 7.10. The molecule has 0 saturated carbocycles. The highest BCUT2D eigenvalue weighted by Gasteiger charge is 2.36. The van der Waals surface area contributed by atoms with Gasteiger partial charge in [0.05, 0.1) is 12.8 Å². The number of rotatable bonds is 6. The molecule has 158 valence electrons. The standard InChI is InChI=1S/C19H15F3N2O5S/c20-19(21,22)29-13-7-5-12(6-8-13)24-17(26)16(25)23-11-18(27,14-3-1-9-28-14)15-4-2-10-30-15/h1-10,27H,11H2,(H,23,25)(H,24,26). The Labute approximate surface area is 172 Å². The number of benzene rings is 1. The Balaban J connectivity index is 1.62. The second-order valence-electron chi connectivity index (χ2n) is 6.02. The van der Waals surface area contributed by atoms with Crippen LogP contribution in [0.15, 0.2) is 64.6 Å². The molecule has 1 unspecified atom stereocenters. The fraction of sp³-hybridized carbons (Fsp3) is 0.158. The van der Waals surface area contributed by atoms with Crippen LogP contribution >= 0.6 is 11.3 Å². The van der Waals surface area contributed by atoms with Gasteiger partial charge < -0.3 is 24.9 Å². The number of carbonyl (C=O) groups is 2. The lowest BCUT2D eigenvalue weighted by molar-refractivity contribution is -0.274. The zero-order valence-corrected chi connectivity index (χ0v) is 15.9. The summed E-state index contributed by atoms with van der Waals surface area (Å²) < 4.78 is 45.5. The predicted octanol–water partition coefficient (Wildman–Crippen LogP) is 3.23. The van der Waals surface area contributed by atoms with Gasteiger partial charge in [-0.15, -0.1) is 24.5 Å². The molecule has 0 bridgehead atoms. The summed E-state index contributed by atoms with van der Waals surface area (Å²) in [5, 5.41) is 17.4. The number of hydrogen-bond donors (Lipinski definition) is 3. The zero-order valence-electron chi connectivity index (χ0n) is 15.1. The van der Waals surface area contributed by atoms with Gasteiger partial charge in [0.2, 0.25) is 0 Å². The number of thiophene rings is 1. The number of aliphatic hydroxyl groups is 1. The quantitative estimate of drug-likeness (QED) is 0.511. The fourth-order valence-electron chi connectivity index (χ4n) is 2.54. The molecule has 0 fully saturated rings. The third kappa shape index (κ3) is 5.19. The van der Waals surface area contributed by atoms with Crippen molar-refractivity contribution in [2.75, 3.05) is 11.9 Å². The van der Waals surface area contributed by atoms with Crippen molar-refractivity contribution < 1.29 is 37.0 Å². The van der Waals surface area contributed by atoms with Gasteiger partial charge in [-0.05, 0) is 47.8 Å². The van der Waals surface area contributed by atoms with Gasteiger partial charge in [0.25, 0.3) is 0 Å². The molecule has 30 heavy (non-hydrogen) atoms. The number of halogens is 3. The molecule has 0 spiro atoms. The Kier molecular flexibility index (Phi) is 6.13. The smallest absolute Gasteiger partial charge is 0.466 e. The summed E-state index contributed by atoms with van der Waals surface area (Å²) in [5.74, 6) is -2.39. The van der Waals surface area contributed by atoms with Crippen LogP contribution in [0, 0.1) is 0 Å². The summed E-state index contributed by atoms with van der Waals surface area (Å²) in [6, 6.07) is 10.8. The van der Waals surface area contributed by atoms with Crippen LogP contribution in [0.2, 0.25) is 0 Å². The van der Waals surface area contributed by atoms with Gasteiger partial charge in [-0.25, -0.2) is 0 Å². The first-order valence-corrected chi connectivity index (χ1v) is 9.31. The second-order valence-corrected chi connectivity index (χ2v) is 6.97. The summed E-state index contributed by atoms with van der Waals surface area (Å²) in [6.45, 7) is -0.342. The Morgan fingerprint density at radius 1 is 1.07 bits per heavy atom. The Hall–Kier alpha value is -3.31. The monoisotopic (exact) mass is 440 g/mol. The number of amides is 2. The van der Waals surface area contributed by atoms with E-state index in [0.717, 1.165) is 24.3 Å². The minimum absolute atomic E-state index is 0.0872. The third-order valence-electron chi connectivity index (χ3n) is 3.91. The van der Waals surface area contributed by atoms with Crippen LogP contribution < -0.4 is 15.4 Å². The maximum Gasteiger partial charge on any atom is 0.573 e. The Morgan fingerprint density at radius 2 is 1.80 bits per heavy atom. The maximum absolute atomic E-state index is 12.2. The normalized spacial score (nSPS) is 13.3. The van der Waals surface area contributed by atoms with Crippen molar-refractivity contribution in [3.05, 3.63) is 70.8 Å². The molecule has 3 N–H and O–H groups in total. The molecular formula is C19H15F3N2O5S. The van der Waals surface area contributed by atoms with Gasteiger partial charge in [0.15, 0.2) is 5.60 Å². The van der Waals surface area contributed by atoms with Crippen LogP contribution in [-0.2, 0) is 15.2 Å². The molecule has 1 atom stereocenters. The first-order valence-electron chi connectivity index (χ1n) is 8.43. The fourth-order valence-corrected chi connectivity index (χ4v) is 3.37. The molecule has 0 saturated heterocycles. The molecule has 2 heterocycles. The average molecular weight is 440 g/mol. The molecule has 7 nitrogen and oxygen atoms in total. The van der Waals surface area contributed by atoms with Gasteiger partial charge in [-0.2, -0.15) is 0 Å². The van der Waals surface area contributed by atoms with Gasteiger partial charge >= 0.3 is 18.2 Å². The van der Waals surface area contributed by atoms with E-state index in [4.69, 9.17) is 4.42 Å². The molecule has 3 rings (SSSR count). The molecule has 2 amide bonds. The number of anilines is 1. The lowest BCUT2D eigenvalue weighted by Gasteiger charge is -2.25. The number of alkyl halides is 3. The van der Waals surface area contributed by atoms with Crippen molar-refractivity contribution in [3.8, 4) is 5.75 Å². The lowest BCUT2D eigenvalue weighted by atomic mass is 9.98. The largest absolute Gasteiger partial charge is 0.573 e. The van der Waals surface area contributed by atoms with Crippen LogP contribution in [0.25, 0.3) is 0 Å². The van der Waals surface area contributed by atoms with Gasteiger partial charge in [-0.1, -0.05) is 6.07 Å². The minimum Gasteiger partial charge on any atom is -0.466 e. The van der Waals surface area contributed by atoms with E-state index in [1.807, 2.05) is 0 Å². The van der Waals surface area contributed by atoms with Crippen LogP contribution in [0.5, 0.6) is 5.75 Å². The molecule has 1 aromatic carbocycles. The molecule has 11 heteroatoms. The first kappa shape index (κ1) is 21.4.